The lowest BCUT2D eigenvalue weighted by Crippen LogP contribution is -2.16. The number of aliphatic hydroxyl groups is 1. The van der Waals surface area contributed by atoms with E-state index in [0.29, 0.717) is 6.42 Å². The van der Waals surface area contributed by atoms with Crippen molar-refractivity contribution in [2.24, 2.45) is 5.92 Å². The maximum Gasteiger partial charge on any atom is 0.303 e. The van der Waals surface area contributed by atoms with Gasteiger partial charge in [0, 0.05) is 23.1 Å². The number of rotatable bonds is 12. The zero-order valence-electron chi connectivity index (χ0n) is 17.3. The van der Waals surface area contributed by atoms with Crippen LogP contribution >= 0.6 is 23.2 Å². The van der Waals surface area contributed by atoms with Crippen LogP contribution in [0.3, 0.4) is 0 Å². The highest BCUT2D eigenvalue weighted by Gasteiger charge is 2.41. The van der Waals surface area contributed by atoms with Crippen LogP contribution in [-0.4, -0.2) is 26.9 Å². The van der Waals surface area contributed by atoms with Crippen LogP contribution in [0.5, 0.6) is 0 Å². The quantitative estimate of drug-likeness (QED) is 0.213. The lowest BCUT2D eigenvalue weighted by molar-refractivity contribution is -0.137. The lowest BCUT2D eigenvalue weighted by atomic mass is 9.85. The van der Waals surface area contributed by atoms with Crippen molar-refractivity contribution in [2.45, 2.75) is 87.5 Å². The lowest BCUT2D eigenvalue weighted by Gasteiger charge is -2.23. The summed E-state index contributed by atoms with van der Waals surface area (Å²) in [5, 5.41) is 19.1. The van der Waals surface area contributed by atoms with Crippen molar-refractivity contribution < 1.29 is 15.0 Å². The first kappa shape index (κ1) is 24.2. The molecular weight excluding hydrogens is 407 g/mol. The van der Waals surface area contributed by atoms with E-state index in [2.05, 4.69) is 31.2 Å². The molecule has 0 aliphatic heterocycles. The summed E-state index contributed by atoms with van der Waals surface area (Å²) in [6.07, 6.45) is 11.2. The molecule has 0 aromatic heterocycles. The van der Waals surface area contributed by atoms with Crippen molar-refractivity contribution >= 4 is 29.2 Å². The number of unbranched alkanes of at least 4 members (excludes halogenated alkanes) is 3. The van der Waals surface area contributed by atoms with Crippen molar-refractivity contribution in [1.82, 2.24) is 0 Å². The molecule has 2 rings (SSSR count). The first-order chi connectivity index (χ1) is 13.9. The minimum absolute atomic E-state index is 0.00300. The van der Waals surface area contributed by atoms with Crippen LogP contribution < -0.4 is 0 Å². The second-order valence-corrected chi connectivity index (χ2v) is 9.25. The SMILES string of the molecule is CCCCCC(O)c1ccc(C2[C@@H](C/C=C\CCCC(=O)O)C(Cl)C[C@H]2Cl)cc1. The average molecular weight is 441 g/mol. The molecule has 3 nitrogen and oxygen atoms in total. The fourth-order valence-corrected chi connectivity index (χ4v) is 5.28. The molecule has 0 bridgehead atoms. The highest BCUT2D eigenvalue weighted by molar-refractivity contribution is 6.25. The number of carbonyl (C=O) groups is 1. The number of carboxylic acid groups (broad SMARTS) is 1. The molecule has 0 heterocycles. The molecule has 0 radical (unpaired) electrons. The van der Waals surface area contributed by atoms with Gasteiger partial charge in [0.15, 0.2) is 0 Å². The van der Waals surface area contributed by atoms with E-state index < -0.39 is 12.1 Å². The third-order valence-corrected chi connectivity index (χ3v) is 6.84. The van der Waals surface area contributed by atoms with Gasteiger partial charge in [-0.15, -0.1) is 23.2 Å². The van der Waals surface area contributed by atoms with E-state index >= 15 is 0 Å². The average Bonchev–Trinajstić information content (AvgIpc) is 2.97. The number of aliphatic hydroxyl groups excluding tert-OH is 1. The molecule has 5 heteroatoms. The number of halogens is 2. The van der Waals surface area contributed by atoms with E-state index in [4.69, 9.17) is 28.3 Å². The highest BCUT2D eigenvalue weighted by Crippen LogP contribution is 2.47. The number of aliphatic carboxylic acids is 1. The van der Waals surface area contributed by atoms with E-state index in [9.17, 15) is 9.90 Å². The fraction of sp³-hybridized carbons (Fsp3) is 0.625. The van der Waals surface area contributed by atoms with Crippen LogP contribution in [0.2, 0.25) is 0 Å². The van der Waals surface area contributed by atoms with Gasteiger partial charge >= 0.3 is 5.97 Å². The first-order valence-corrected chi connectivity index (χ1v) is 11.7. The summed E-state index contributed by atoms with van der Waals surface area (Å²) in [5.74, 6) is -0.302. The van der Waals surface area contributed by atoms with Gasteiger partial charge in [0.05, 0.1) is 6.10 Å². The molecule has 0 spiro atoms. The van der Waals surface area contributed by atoms with E-state index in [0.717, 1.165) is 50.5 Å². The standard InChI is InChI=1S/C24H34Cl2O3/c1-2-3-6-10-22(27)17-12-14-18(15-13-17)24-19(20(25)16-21(24)26)9-7-4-5-8-11-23(28)29/h4,7,12-15,19-22,24,27H,2-3,5-6,8-11,16H2,1H3,(H,28,29)/b7-4-/t19-,20?,21+,22?,24?/m0/s1. The van der Waals surface area contributed by atoms with Crippen LogP contribution in [0, 0.1) is 5.92 Å². The maximum absolute atomic E-state index is 10.6. The number of hydrogen-bond donors (Lipinski definition) is 2. The second-order valence-electron chi connectivity index (χ2n) is 8.13. The molecule has 1 aliphatic carbocycles. The number of allylic oxidation sites excluding steroid dienone is 2. The summed E-state index contributed by atoms with van der Waals surface area (Å²) in [6.45, 7) is 2.16. The summed E-state index contributed by atoms with van der Waals surface area (Å²) < 4.78 is 0. The number of hydrogen-bond acceptors (Lipinski definition) is 2. The molecule has 29 heavy (non-hydrogen) atoms. The van der Waals surface area contributed by atoms with E-state index in [1.54, 1.807) is 0 Å². The van der Waals surface area contributed by atoms with Gasteiger partial charge in [-0.3, -0.25) is 4.79 Å². The fourth-order valence-electron chi connectivity index (χ4n) is 4.22. The summed E-state index contributed by atoms with van der Waals surface area (Å²) in [5.41, 5.74) is 2.15. The van der Waals surface area contributed by atoms with Gasteiger partial charge in [-0.25, -0.2) is 0 Å². The van der Waals surface area contributed by atoms with Gasteiger partial charge in [0.25, 0.3) is 0 Å². The molecule has 5 atom stereocenters. The van der Waals surface area contributed by atoms with Crippen LogP contribution in [0.15, 0.2) is 36.4 Å². The third-order valence-electron chi connectivity index (χ3n) is 5.89. The molecule has 162 valence electrons. The Morgan fingerprint density at radius 3 is 2.52 bits per heavy atom. The molecule has 0 saturated heterocycles. The van der Waals surface area contributed by atoms with Gasteiger partial charge in [0.2, 0.25) is 0 Å². The molecule has 1 aromatic rings. The number of alkyl halides is 2. The largest absolute Gasteiger partial charge is 0.481 e. The third kappa shape index (κ3) is 7.62. The molecule has 1 saturated carbocycles. The van der Waals surface area contributed by atoms with Crippen molar-refractivity contribution in [2.75, 3.05) is 0 Å². The second kappa shape index (κ2) is 12.6. The van der Waals surface area contributed by atoms with Crippen LogP contribution in [0.4, 0.5) is 0 Å². The van der Waals surface area contributed by atoms with Crippen LogP contribution in [-0.2, 0) is 4.79 Å². The molecule has 3 unspecified atom stereocenters. The molecule has 1 aromatic carbocycles. The van der Waals surface area contributed by atoms with E-state index in [-0.39, 0.29) is 29.0 Å². The van der Waals surface area contributed by atoms with E-state index in [1.807, 2.05) is 12.1 Å². The van der Waals surface area contributed by atoms with Crippen LogP contribution in [0.25, 0.3) is 0 Å². The van der Waals surface area contributed by atoms with Gasteiger partial charge < -0.3 is 10.2 Å². The van der Waals surface area contributed by atoms with E-state index in [1.165, 1.54) is 5.56 Å². The first-order valence-electron chi connectivity index (χ1n) is 10.9. The molecule has 1 aliphatic rings. The Balaban J connectivity index is 1.96. The van der Waals surface area contributed by atoms with Crippen molar-refractivity contribution in [3.8, 4) is 0 Å². The summed E-state index contributed by atoms with van der Waals surface area (Å²) in [4.78, 5) is 10.6. The molecular formula is C24H34Cl2O3. The Labute approximate surface area is 185 Å². The van der Waals surface area contributed by atoms with Crippen molar-refractivity contribution in [3.63, 3.8) is 0 Å². The zero-order chi connectivity index (χ0) is 21.2. The van der Waals surface area contributed by atoms with Crippen molar-refractivity contribution in [3.05, 3.63) is 47.5 Å². The Morgan fingerprint density at radius 2 is 1.86 bits per heavy atom. The summed E-state index contributed by atoms with van der Waals surface area (Å²) in [6, 6.07) is 8.24. The Kier molecular flexibility index (Phi) is 10.5. The zero-order valence-corrected chi connectivity index (χ0v) is 18.8. The monoisotopic (exact) mass is 440 g/mol. The minimum atomic E-state index is -0.751. The molecule has 2 N–H and O–H groups in total. The highest BCUT2D eigenvalue weighted by atomic mass is 35.5. The van der Waals surface area contributed by atoms with Crippen molar-refractivity contribution in [1.29, 1.82) is 0 Å². The topological polar surface area (TPSA) is 57.5 Å². The summed E-state index contributed by atoms with van der Waals surface area (Å²) in [7, 11) is 0. The maximum atomic E-state index is 10.6. The van der Waals surface area contributed by atoms with Gasteiger partial charge in [-0.1, -0.05) is 62.6 Å². The van der Waals surface area contributed by atoms with Crippen LogP contribution in [0.1, 0.15) is 87.9 Å². The molecule has 0 amide bonds. The molecule has 1 fully saturated rings. The van der Waals surface area contributed by atoms with Gasteiger partial charge in [-0.05, 0) is 49.1 Å². The van der Waals surface area contributed by atoms with Gasteiger partial charge in [0.1, 0.15) is 0 Å². The smallest absolute Gasteiger partial charge is 0.303 e. The predicted octanol–water partition coefficient (Wildman–Crippen LogP) is 6.82. The predicted molar refractivity (Wildman–Crippen MR) is 121 cm³/mol. The number of benzene rings is 1. The minimum Gasteiger partial charge on any atom is -0.481 e. The number of carboxylic acids is 1. The Hall–Kier alpha value is -1.03. The Morgan fingerprint density at radius 1 is 1.14 bits per heavy atom. The summed E-state index contributed by atoms with van der Waals surface area (Å²) >= 11 is 13.3. The van der Waals surface area contributed by atoms with Gasteiger partial charge in [-0.2, -0.15) is 0 Å². The Bertz CT molecular complexity index is 644. The normalized spacial score (nSPS) is 25.5.